The van der Waals surface area contributed by atoms with Gasteiger partial charge >= 0.3 is 6.18 Å². The van der Waals surface area contributed by atoms with Crippen LogP contribution in [-0.2, 0) is 42.3 Å². The normalized spacial score (nSPS) is 16.9. The Morgan fingerprint density at radius 3 is 1.79 bits per heavy atom. The second kappa shape index (κ2) is 25.6. The summed E-state index contributed by atoms with van der Waals surface area (Å²) in [6.07, 6.45) is 18.5. The molecule has 2 amide bonds. The minimum atomic E-state index is -4.48. The first-order valence-electron chi connectivity index (χ1n) is 30.4. The molecule has 0 atom stereocenters. The minimum absolute atomic E-state index is 0.00461. The third kappa shape index (κ3) is 12.7. The predicted molar refractivity (Wildman–Crippen MR) is 337 cm³/mol. The van der Waals surface area contributed by atoms with Crippen LogP contribution in [0.2, 0.25) is 0 Å². The van der Waals surface area contributed by atoms with Gasteiger partial charge in [0.25, 0.3) is 22.7 Å². The van der Waals surface area contributed by atoms with E-state index in [4.69, 9.17) is 9.47 Å². The van der Waals surface area contributed by atoms with Crippen LogP contribution in [0.15, 0.2) is 155 Å². The maximum absolute atomic E-state index is 13.4. The Kier molecular flexibility index (Phi) is 17.6. The number of aliphatic hydroxyl groups excluding tert-OH is 2. The maximum atomic E-state index is 13.4. The molecular formula is C67H71F3N12O10. The van der Waals surface area contributed by atoms with Crippen LogP contribution in [0.3, 0.4) is 0 Å². The van der Waals surface area contributed by atoms with Gasteiger partial charge in [0, 0.05) is 60.1 Å². The number of halogens is 3. The van der Waals surface area contributed by atoms with E-state index in [2.05, 4.69) is 96.6 Å². The number of hydrogen-bond acceptors (Lipinski definition) is 16. The molecule has 22 nitrogen and oxygen atoms in total. The lowest BCUT2D eigenvalue weighted by molar-refractivity contribution is -0.137. The summed E-state index contributed by atoms with van der Waals surface area (Å²) in [5.41, 5.74) is 1.56. The Labute approximate surface area is 526 Å². The number of fused-ring (bicyclic) bond motifs is 3. The molecule has 3 aliphatic carbocycles. The summed E-state index contributed by atoms with van der Waals surface area (Å²) in [6.45, 7) is 12.8. The van der Waals surface area contributed by atoms with E-state index in [9.17, 15) is 52.8 Å². The van der Waals surface area contributed by atoms with Crippen LogP contribution in [-0.4, -0.2) is 102 Å². The van der Waals surface area contributed by atoms with Gasteiger partial charge in [-0.25, -0.2) is 9.97 Å². The molecule has 2 aromatic carbocycles. The standard InChI is InChI=1S/C26H24F3N3O5.C21H24N4O2.C20H23N5O3/c27-26(28,29)18-5-3-4-17(11-18)25(8-1-2-9-25)14-32-13-19(33)23(34)22(31-32)24(35)30-12-16-6-7-20-21(10-16)37-15-36-20;1-14-11-25(20-17(14)7-6-10-22-20)21(8-4-5-9-21)13-24-12-18(27)15(2)19(23-24)16(3)26;1-13-10-25(18-14(13)6-5-9-22-18)20(7-3-4-8-20)12-24-11-15(26)17(27)16(23-24)19(28)21-2/h3-7,10-11,13,33H,1-2,8-9,12,14-15H2,(H,30,35);6-7,10-12,26-27H,2-5,8-9,13H2,1H3;5-6,9-11,26H,3-4,7-8,12H2,1-2H3,(H,21,28). The van der Waals surface area contributed by atoms with Gasteiger partial charge in [-0.3, -0.25) is 33.6 Å². The van der Waals surface area contributed by atoms with E-state index in [1.165, 1.54) is 34.2 Å². The van der Waals surface area contributed by atoms with E-state index in [0.29, 0.717) is 48.6 Å². The predicted octanol–water partition coefficient (Wildman–Crippen LogP) is 10.4. The van der Waals surface area contributed by atoms with Crippen molar-refractivity contribution in [1.82, 2.24) is 54.3 Å². The zero-order valence-corrected chi connectivity index (χ0v) is 51.2. The number of alkyl halides is 3. The summed E-state index contributed by atoms with van der Waals surface area (Å²) in [5, 5.41) is 62.2. The molecule has 8 aromatic rings. The molecule has 6 N–H and O–H groups in total. The fourth-order valence-corrected chi connectivity index (χ4v) is 13.5. The molecule has 5 aliphatic rings. The van der Waals surface area contributed by atoms with E-state index in [1.807, 2.05) is 18.3 Å². The molecule has 13 rings (SSSR count). The average molecular weight is 1260 g/mol. The smallest absolute Gasteiger partial charge is 0.416 e. The van der Waals surface area contributed by atoms with Crippen LogP contribution in [0.1, 0.15) is 126 Å². The molecule has 0 unspecified atom stereocenters. The average Bonchev–Trinajstić information content (AvgIpc) is 1.59. The molecule has 0 saturated heterocycles. The van der Waals surface area contributed by atoms with Gasteiger partial charge in [-0.1, -0.05) is 75.9 Å². The molecule has 6 aromatic heterocycles. The maximum Gasteiger partial charge on any atom is 0.416 e. The Balaban J connectivity index is 0.000000144. The highest BCUT2D eigenvalue weighted by molar-refractivity contribution is 6.12. The van der Waals surface area contributed by atoms with Crippen molar-refractivity contribution in [1.29, 1.82) is 0 Å². The van der Waals surface area contributed by atoms with E-state index in [-0.39, 0.29) is 59.5 Å². The highest BCUT2D eigenvalue weighted by Crippen LogP contribution is 2.46. The van der Waals surface area contributed by atoms with Crippen LogP contribution >= 0.6 is 0 Å². The number of ether oxygens (including phenoxy) is 2. The number of amides is 2. The van der Waals surface area contributed by atoms with Gasteiger partial charge in [0.15, 0.2) is 34.4 Å². The highest BCUT2D eigenvalue weighted by Gasteiger charge is 2.42. The number of nitrogens with zero attached hydrogens (tertiary/aromatic N) is 10. The van der Waals surface area contributed by atoms with Crippen LogP contribution in [0.5, 0.6) is 23.0 Å². The number of carbonyl (C=O) groups excluding carboxylic acids is 2. The number of hydrogen-bond donors (Lipinski definition) is 6. The number of aliphatic hydroxyl groups is 2. The molecule has 0 bridgehead atoms. The summed E-state index contributed by atoms with van der Waals surface area (Å²) in [5.74, 6) is -1.61. The SMILES string of the molecule is C=C(O)C1=NN(CC2(n3cc(C)c4cccnc43)CCCC2)C=C(O)C1=C.CNC(=O)c1nn(CC2(n3cc(C)c4cccnc43)CCCC2)cc(O)c1=O.O=C(NCc1ccc2c(c1)OCO2)c1nn(CC2(c3cccc(C(F)(F)F)c3)CCCC2)cc(O)c1=O. The molecule has 0 radical (unpaired) electrons. The number of allylic oxidation sites excluding steroid dienone is 2. The van der Waals surface area contributed by atoms with Gasteiger partial charge in [0.1, 0.15) is 28.5 Å². The van der Waals surface area contributed by atoms with Gasteiger partial charge in [-0.05, 0) is 117 Å². The Morgan fingerprint density at radius 1 is 0.685 bits per heavy atom. The van der Waals surface area contributed by atoms with Crippen LogP contribution < -0.4 is 31.0 Å². The molecular weight excluding hydrogens is 1190 g/mol. The van der Waals surface area contributed by atoms with Crippen molar-refractivity contribution >= 4 is 39.6 Å². The van der Waals surface area contributed by atoms with Crippen molar-refractivity contribution in [3.05, 3.63) is 200 Å². The molecule has 480 valence electrons. The van der Waals surface area contributed by atoms with E-state index in [1.54, 1.807) is 41.7 Å². The summed E-state index contributed by atoms with van der Waals surface area (Å²) < 4.78 is 57.9. The fraction of sp³-hybridized carbons (Fsp3) is 0.358. The first-order valence-corrected chi connectivity index (χ1v) is 30.4. The van der Waals surface area contributed by atoms with E-state index in [0.717, 1.165) is 110 Å². The second-order valence-corrected chi connectivity index (χ2v) is 24.3. The number of pyridine rings is 2. The molecule has 2 aliphatic heterocycles. The number of nitrogens with one attached hydrogen (secondary N) is 2. The number of carbonyl (C=O) groups is 2. The Bertz CT molecular complexity index is 4370. The van der Waals surface area contributed by atoms with Crippen molar-refractivity contribution in [2.45, 2.75) is 133 Å². The quantitative estimate of drug-likeness (QED) is 0.0552. The summed E-state index contributed by atoms with van der Waals surface area (Å²) >= 11 is 0. The number of aromatic hydroxyl groups is 2. The lowest BCUT2D eigenvalue weighted by Crippen LogP contribution is -2.41. The summed E-state index contributed by atoms with van der Waals surface area (Å²) in [7, 11) is 1.43. The summed E-state index contributed by atoms with van der Waals surface area (Å²) in [4.78, 5) is 58.7. The number of hydrazone groups is 1. The van der Waals surface area contributed by atoms with Gasteiger partial charge in [0.2, 0.25) is 6.79 Å². The van der Waals surface area contributed by atoms with Gasteiger partial charge < -0.3 is 49.7 Å². The van der Waals surface area contributed by atoms with Crippen LogP contribution in [0.25, 0.3) is 22.1 Å². The van der Waals surface area contributed by atoms with Gasteiger partial charge in [0.05, 0.1) is 54.9 Å². The van der Waals surface area contributed by atoms with Crippen LogP contribution in [0.4, 0.5) is 13.2 Å². The summed E-state index contributed by atoms with van der Waals surface area (Å²) in [6, 6.07) is 18.4. The number of benzene rings is 2. The highest BCUT2D eigenvalue weighted by atomic mass is 19.4. The molecule has 92 heavy (non-hydrogen) atoms. The lowest BCUT2D eigenvalue weighted by Gasteiger charge is -2.36. The first kappa shape index (κ1) is 63.4. The number of rotatable bonds is 14. The molecule has 0 spiro atoms. The van der Waals surface area contributed by atoms with Crippen molar-refractivity contribution in [3.63, 3.8) is 0 Å². The van der Waals surface area contributed by atoms with Crippen LogP contribution in [0, 0.1) is 13.8 Å². The second-order valence-electron chi connectivity index (χ2n) is 24.3. The third-order valence-electron chi connectivity index (χ3n) is 18.2. The molecule has 3 fully saturated rings. The van der Waals surface area contributed by atoms with Crippen molar-refractivity contribution in [2.24, 2.45) is 5.10 Å². The van der Waals surface area contributed by atoms with E-state index < -0.39 is 57.0 Å². The van der Waals surface area contributed by atoms with Gasteiger partial charge in [-0.2, -0.15) is 28.5 Å². The zero-order chi connectivity index (χ0) is 65.3. The topological polar surface area (TPSA) is 279 Å². The van der Waals surface area contributed by atoms with Crippen molar-refractivity contribution in [2.75, 3.05) is 20.4 Å². The zero-order valence-electron chi connectivity index (χ0n) is 51.2. The van der Waals surface area contributed by atoms with E-state index >= 15 is 0 Å². The minimum Gasteiger partial charge on any atom is -0.506 e. The Morgan fingerprint density at radius 2 is 1.23 bits per heavy atom. The number of aromatic nitrogens is 8. The monoisotopic (exact) mass is 1260 g/mol. The first-order chi connectivity index (χ1) is 44.0. The molecule has 3 saturated carbocycles. The van der Waals surface area contributed by atoms with Gasteiger partial charge in [-0.15, -0.1) is 0 Å². The number of aryl methyl sites for hydroxylation is 2. The lowest BCUT2D eigenvalue weighted by atomic mass is 9.78. The Hall–Kier alpha value is -10.2. The fourth-order valence-electron chi connectivity index (χ4n) is 13.5. The van der Waals surface area contributed by atoms with Crippen molar-refractivity contribution in [3.8, 4) is 23.0 Å². The van der Waals surface area contributed by atoms with Crippen molar-refractivity contribution < 1.29 is 52.7 Å². The molecule has 25 heteroatoms. The molecule has 8 heterocycles. The third-order valence-corrected chi connectivity index (χ3v) is 18.2. The largest absolute Gasteiger partial charge is 0.506 e.